The first-order valence-electron chi connectivity index (χ1n) is 3.59. The summed E-state index contributed by atoms with van der Waals surface area (Å²) in [5.41, 5.74) is 0. The minimum atomic E-state index is -4.18. The fourth-order valence-electron chi connectivity index (χ4n) is 0.794. The summed E-state index contributed by atoms with van der Waals surface area (Å²) in [4.78, 5) is 0.476. The van der Waals surface area contributed by atoms with Gasteiger partial charge >= 0.3 is 18.3 Å². The van der Waals surface area contributed by atoms with Crippen LogP contribution in [0.3, 0.4) is 0 Å². The molecule has 0 aliphatic heterocycles. The van der Waals surface area contributed by atoms with Gasteiger partial charge in [0.25, 0.3) is 0 Å². The van der Waals surface area contributed by atoms with E-state index in [1.807, 2.05) is 0 Å². The maximum absolute atomic E-state index is 10.5. The minimum Gasteiger partial charge on any atom is -0.277 e. The molecule has 0 saturated carbocycles. The third-order valence-corrected chi connectivity index (χ3v) is 5.00. The number of benzene rings is 1. The fraction of sp³-hybridized carbons (Fsp3) is 0. The predicted octanol–water partition coefficient (Wildman–Crippen LogP) is 1.48. The first-order valence-corrected chi connectivity index (χ1v) is 9.14. The SMILES string of the molecule is O=S(=O)(O)Sc1ccc(SS(=O)(=O)O)cc1. The van der Waals surface area contributed by atoms with Gasteiger partial charge in [-0.3, -0.25) is 9.11 Å². The Kier molecular flexibility index (Phi) is 4.26. The van der Waals surface area contributed by atoms with Crippen LogP contribution in [0.15, 0.2) is 34.1 Å². The molecule has 6 nitrogen and oxygen atoms in total. The molecule has 0 fully saturated rings. The van der Waals surface area contributed by atoms with Crippen molar-refractivity contribution >= 4 is 39.9 Å². The molecule has 0 atom stereocenters. The molecule has 16 heavy (non-hydrogen) atoms. The van der Waals surface area contributed by atoms with E-state index >= 15 is 0 Å². The molecule has 90 valence electrons. The van der Waals surface area contributed by atoms with Crippen LogP contribution < -0.4 is 0 Å². The van der Waals surface area contributed by atoms with E-state index in [1.165, 1.54) is 24.3 Å². The molecule has 0 radical (unpaired) electrons. The van der Waals surface area contributed by atoms with E-state index in [1.54, 1.807) is 0 Å². The van der Waals surface area contributed by atoms with Crippen molar-refractivity contribution in [2.24, 2.45) is 0 Å². The highest BCUT2D eigenvalue weighted by Crippen LogP contribution is 2.28. The van der Waals surface area contributed by atoms with Gasteiger partial charge in [-0.1, -0.05) is 0 Å². The van der Waals surface area contributed by atoms with Gasteiger partial charge in [-0.05, 0) is 24.3 Å². The van der Waals surface area contributed by atoms with Crippen molar-refractivity contribution in [3.05, 3.63) is 24.3 Å². The molecule has 0 bridgehead atoms. The third kappa shape index (κ3) is 5.72. The molecular formula is C6H6O6S4. The second-order valence-corrected chi connectivity index (χ2v) is 9.01. The van der Waals surface area contributed by atoms with Crippen LogP contribution >= 0.6 is 21.6 Å². The normalized spacial score (nSPS) is 12.6. The monoisotopic (exact) mass is 302 g/mol. The summed E-state index contributed by atoms with van der Waals surface area (Å²) in [6.07, 6.45) is 0. The Labute approximate surface area is 99.7 Å². The number of hydrogen-bond donors (Lipinski definition) is 2. The molecule has 2 N–H and O–H groups in total. The Morgan fingerprint density at radius 3 is 1.19 bits per heavy atom. The molecule has 1 aromatic rings. The number of hydrogen-bond acceptors (Lipinski definition) is 6. The van der Waals surface area contributed by atoms with Gasteiger partial charge in [0.2, 0.25) is 0 Å². The van der Waals surface area contributed by atoms with Gasteiger partial charge in [-0.15, -0.1) is 0 Å². The van der Waals surface area contributed by atoms with Crippen LogP contribution in [0, 0.1) is 0 Å². The Hall–Kier alpha value is -0.260. The largest absolute Gasteiger partial charge is 0.324 e. The smallest absolute Gasteiger partial charge is 0.277 e. The van der Waals surface area contributed by atoms with Gasteiger partial charge in [0.15, 0.2) is 0 Å². The van der Waals surface area contributed by atoms with Crippen molar-refractivity contribution < 1.29 is 25.9 Å². The van der Waals surface area contributed by atoms with Crippen molar-refractivity contribution in [1.29, 1.82) is 0 Å². The van der Waals surface area contributed by atoms with Gasteiger partial charge in [-0.2, -0.15) is 16.8 Å². The predicted molar refractivity (Wildman–Crippen MR) is 61.3 cm³/mol. The van der Waals surface area contributed by atoms with Crippen LogP contribution in [-0.2, 0) is 18.3 Å². The fourth-order valence-corrected chi connectivity index (χ4v) is 3.90. The molecule has 0 aliphatic rings. The van der Waals surface area contributed by atoms with E-state index in [0.717, 1.165) is 0 Å². The molecule has 0 unspecified atom stereocenters. The molecule has 0 spiro atoms. The summed E-state index contributed by atoms with van der Waals surface area (Å²) in [5.74, 6) is 0. The van der Waals surface area contributed by atoms with E-state index in [-0.39, 0.29) is 31.4 Å². The maximum Gasteiger partial charge on any atom is 0.324 e. The Balaban J connectivity index is 2.84. The zero-order chi connectivity index (χ0) is 12.4. The Morgan fingerprint density at radius 2 is 1.00 bits per heavy atom. The highest BCUT2D eigenvalue weighted by atomic mass is 33.2. The van der Waals surface area contributed by atoms with Crippen LogP contribution in [-0.4, -0.2) is 25.9 Å². The molecule has 1 rings (SSSR count). The van der Waals surface area contributed by atoms with Gasteiger partial charge in [0, 0.05) is 31.4 Å². The van der Waals surface area contributed by atoms with E-state index < -0.39 is 18.3 Å². The summed E-state index contributed by atoms with van der Waals surface area (Å²) in [7, 11) is -7.90. The van der Waals surface area contributed by atoms with Gasteiger partial charge in [0.1, 0.15) is 0 Å². The van der Waals surface area contributed by atoms with Gasteiger partial charge < -0.3 is 0 Å². The molecule has 10 heteroatoms. The third-order valence-electron chi connectivity index (χ3n) is 1.23. The summed E-state index contributed by atoms with van der Waals surface area (Å²) in [6.45, 7) is 0. The second kappa shape index (κ2) is 4.94. The van der Waals surface area contributed by atoms with Gasteiger partial charge in [-0.25, -0.2) is 0 Å². The lowest BCUT2D eigenvalue weighted by molar-refractivity contribution is 0.500. The first-order chi connectivity index (χ1) is 7.16. The Morgan fingerprint density at radius 1 is 0.750 bits per heavy atom. The van der Waals surface area contributed by atoms with Crippen LogP contribution in [0.2, 0.25) is 0 Å². The highest BCUT2D eigenvalue weighted by molar-refractivity contribution is 8.70. The van der Waals surface area contributed by atoms with Crippen molar-refractivity contribution in [2.45, 2.75) is 9.79 Å². The minimum absolute atomic E-state index is 0.234. The Bertz CT molecular complexity index is 505. The average molecular weight is 302 g/mol. The summed E-state index contributed by atoms with van der Waals surface area (Å²) in [6, 6.07) is 5.25. The van der Waals surface area contributed by atoms with E-state index in [9.17, 15) is 16.8 Å². The quantitative estimate of drug-likeness (QED) is 0.636. The van der Waals surface area contributed by atoms with Crippen molar-refractivity contribution in [3.63, 3.8) is 0 Å². The van der Waals surface area contributed by atoms with Gasteiger partial charge in [0.05, 0.1) is 0 Å². The van der Waals surface area contributed by atoms with E-state index in [4.69, 9.17) is 9.11 Å². The molecule has 0 heterocycles. The second-order valence-electron chi connectivity index (χ2n) is 2.49. The molecular weight excluding hydrogens is 296 g/mol. The average Bonchev–Trinajstić information content (AvgIpc) is 2.03. The molecule has 0 aliphatic carbocycles. The van der Waals surface area contributed by atoms with Crippen LogP contribution in [0.4, 0.5) is 0 Å². The lowest BCUT2D eigenvalue weighted by atomic mass is 10.4. The van der Waals surface area contributed by atoms with E-state index in [0.29, 0.717) is 0 Å². The highest BCUT2D eigenvalue weighted by Gasteiger charge is 2.10. The zero-order valence-corrected chi connectivity index (χ0v) is 10.7. The molecule has 0 saturated heterocycles. The van der Waals surface area contributed by atoms with Crippen molar-refractivity contribution in [3.8, 4) is 0 Å². The molecule has 0 amide bonds. The lowest BCUT2D eigenvalue weighted by Crippen LogP contribution is -1.90. The summed E-state index contributed by atoms with van der Waals surface area (Å²) in [5, 5.41) is 0. The van der Waals surface area contributed by atoms with Crippen LogP contribution in [0.5, 0.6) is 0 Å². The number of rotatable bonds is 4. The summed E-state index contributed by atoms with van der Waals surface area (Å²) >= 11 is 0. The standard InChI is InChI=1S/C6H6O6S4/c7-15(8,9)13-5-1-2-6(4-3-5)14-16(10,11)12/h1-4H,(H,7,8,9)(H,10,11,12). The maximum atomic E-state index is 10.5. The first kappa shape index (κ1) is 13.8. The van der Waals surface area contributed by atoms with Crippen molar-refractivity contribution in [2.75, 3.05) is 0 Å². The zero-order valence-electron chi connectivity index (χ0n) is 7.47. The molecule has 1 aromatic carbocycles. The summed E-state index contributed by atoms with van der Waals surface area (Å²) < 4.78 is 59.0. The van der Waals surface area contributed by atoms with E-state index in [2.05, 4.69) is 0 Å². The lowest BCUT2D eigenvalue weighted by Gasteiger charge is -1.99. The molecule has 0 aromatic heterocycles. The van der Waals surface area contributed by atoms with Crippen LogP contribution in [0.25, 0.3) is 0 Å². The van der Waals surface area contributed by atoms with Crippen molar-refractivity contribution in [1.82, 2.24) is 0 Å². The topological polar surface area (TPSA) is 109 Å². The van der Waals surface area contributed by atoms with Crippen LogP contribution in [0.1, 0.15) is 0 Å².